The largest absolute Gasteiger partial charge is 0.497 e. The average molecular weight is 429 g/mol. The van der Waals surface area contributed by atoms with Crippen molar-refractivity contribution in [3.05, 3.63) is 52.1 Å². The second-order valence-corrected chi connectivity index (χ2v) is 7.28. The van der Waals surface area contributed by atoms with Crippen LogP contribution < -0.4 is 21.5 Å². The summed E-state index contributed by atoms with van der Waals surface area (Å²) < 4.78 is 28.8. The molecule has 11 heteroatoms. The molecule has 6 N–H and O–H groups in total. The Morgan fingerprint density at radius 2 is 1.96 bits per heavy atom. The number of primary sulfonamides is 1. The van der Waals surface area contributed by atoms with Gasteiger partial charge in [-0.15, -0.1) is 5.10 Å². The van der Waals surface area contributed by atoms with Gasteiger partial charge in [0.1, 0.15) is 5.75 Å². The summed E-state index contributed by atoms with van der Waals surface area (Å²) in [4.78, 5) is 3.77. The number of pyridine rings is 1. The molecule has 0 fully saturated rings. The molecular weight excluding hydrogens is 412 g/mol. The normalized spacial score (nSPS) is 12.1. The highest BCUT2D eigenvalue weighted by Crippen LogP contribution is 2.21. The summed E-state index contributed by atoms with van der Waals surface area (Å²) in [5, 5.41) is 9.87. The van der Waals surface area contributed by atoms with Crippen molar-refractivity contribution in [2.45, 2.75) is 11.6 Å². The highest BCUT2D eigenvalue weighted by Gasteiger charge is 2.21. The van der Waals surface area contributed by atoms with Crippen LogP contribution in [-0.2, 0) is 16.6 Å². The van der Waals surface area contributed by atoms with E-state index in [2.05, 4.69) is 26.0 Å². The summed E-state index contributed by atoms with van der Waals surface area (Å²) in [7, 11) is -2.51. The zero-order valence-electron chi connectivity index (χ0n) is 13.3. The van der Waals surface area contributed by atoms with E-state index in [4.69, 9.17) is 21.5 Å². The standard InChI is InChI=1S/C14H17BrN6O3S/c1-24-10-4-2-9(3-5-10)8-21(17)20-13(16)12-11(15)6-7-19-14(12)25(18,22)23/h2-7H,8,17H2,1H3,(H2,16,20)(H2,18,22,23). The molecule has 0 bridgehead atoms. The van der Waals surface area contributed by atoms with Crippen LogP contribution in [0.5, 0.6) is 5.75 Å². The van der Waals surface area contributed by atoms with Gasteiger partial charge in [0.25, 0.3) is 10.0 Å². The lowest BCUT2D eigenvalue weighted by Crippen LogP contribution is -2.31. The highest BCUT2D eigenvalue weighted by molar-refractivity contribution is 9.10. The first-order chi connectivity index (χ1) is 11.7. The second-order valence-electron chi connectivity index (χ2n) is 4.95. The SMILES string of the molecule is COc1ccc(CN(N)/N=C(\N)c2c(Br)ccnc2S(N)(=O)=O)cc1. The molecule has 0 saturated heterocycles. The quantitative estimate of drug-likeness (QED) is 0.262. The van der Waals surface area contributed by atoms with E-state index in [-0.39, 0.29) is 23.0 Å². The molecule has 25 heavy (non-hydrogen) atoms. The maximum Gasteiger partial charge on any atom is 0.256 e. The van der Waals surface area contributed by atoms with Crippen LogP contribution in [0.4, 0.5) is 0 Å². The number of nitrogens with two attached hydrogens (primary N) is 3. The summed E-state index contributed by atoms with van der Waals surface area (Å²) in [5.74, 6) is 6.42. The van der Waals surface area contributed by atoms with Gasteiger partial charge in [-0.25, -0.2) is 29.5 Å². The summed E-state index contributed by atoms with van der Waals surface area (Å²) in [6.45, 7) is 0.243. The lowest BCUT2D eigenvalue weighted by molar-refractivity contribution is 0.290. The Balaban J connectivity index is 2.28. The van der Waals surface area contributed by atoms with Crippen LogP contribution in [-0.4, -0.2) is 31.5 Å². The second kappa shape index (κ2) is 7.78. The molecule has 0 atom stereocenters. The van der Waals surface area contributed by atoms with Gasteiger partial charge in [-0.1, -0.05) is 12.1 Å². The van der Waals surface area contributed by atoms with E-state index in [0.717, 1.165) is 10.7 Å². The number of methoxy groups -OCH3 is 1. The van der Waals surface area contributed by atoms with Crippen molar-refractivity contribution in [3.63, 3.8) is 0 Å². The fourth-order valence-corrected chi connectivity index (χ4v) is 3.36. The number of amidine groups is 1. The average Bonchev–Trinajstić information content (AvgIpc) is 2.54. The Labute approximate surface area is 153 Å². The maximum atomic E-state index is 11.7. The van der Waals surface area contributed by atoms with Crippen molar-refractivity contribution in [1.29, 1.82) is 0 Å². The van der Waals surface area contributed by atoms with E-state index in [1.807, 2.05) is 12.1 Å². The monoisotopic (exact) mass is 428 g/mol. The summed E-state index contributed by atoms with van der Waals surface area (Å²) >= 11 is 3.22. The number of rotatable bonds is 6. The van der Waals surface area contributed by atoms with Crippen molar-refractivity contribution < 1.29 is 13.2 Å². The molecule has 1 heterocycles. The van der Waals surface area contributed by atoms with E-state index in [9.17, 15) is 8.42 Å². The Morgan fingerprint density at radius 3 is 2.52 bits per heavy atom. The van der Waals surface area contributed by atoms with Crippen LogP contribution in [0, 0.1) is 0 Å². The molecule has 134 valence electrons. The molecule has 2 aromatic rings. The van der Waals surface area contributed by atoms with E-state index in [1.54, 1.807) is 19.2 Å². The van der Waals surface area contributed by atoms with E-state index >= 15 is 0 Å². The fraction of sp³-hybridized carbons (Fsp3) is 0.143. The first-order valence-electron chi connectivity index (χ1n) is 6.89. The summed E-state index contributed by atoms with van der Waals surface area (Å²) in [6, 6.07) is 8.73. The van der Waals surface area contributed by atoms with Crippen LogP contribution in [0.25, 0.3) is 0 Å². The number of hydrogen-bond acceptors (Lipinski definition) is 7. The number of hydrogen-bond donors (Lipinski definition) is 3. The number of benzene rings is 1. The topological polar surface area (TPSA) is 150 Å². The third-order valence-electron chi connectivity index (χ3n) is 3.13. The molecule has 0 amide bonds. The smallest absolute Gasteiger partial charge is 0.256 e. The Kier molecular flexibility index (Phi) is 5.95. The van der Waals surface area contributed by atoms with Gasteiger partial charge in [-0.05, 0) is 39.7 Å². The van der Waals surface area contributed by atoms with Gasteiger partial charge in [0, 0.05) is 10.7 Å². The van der Waals surface area contributed by atoms with Gasteiger partial charge >= 0.3 is 0 Å². The van der Waals surface area contributed by atoms with Gasteiger partial charge < -0.3 is 10.5 Å². The maximum absolute atomic E-state index is 11.7. The Morgan fingerprint density at radius 1 is 1.32 bits per heavy atom. The molecule has 1 aromatic heterocycles. The van der Waals surface area contributed by atoms with E-state index < -0.39 is 10.0 Å². The first-order valence-corrected chi connectivity index (χ1v) is 9.23. The number of nitrogens with zero attached hydrogens (tertiary/aromatic N) is 3. The number of hydrazine groups is 1. The van der Waals surface area contributed by atoms with Gasteiger partial charge in [-0.3, -0.25) is 0 Å². The molecule has 1 aromatic carbocycles. The van der Waals surface area contributed by atoms with E-state index in [0.29, 0.717) is 10.2 Å². The van der Waals surface area contributed by atoms with E-state index in [1.165, 1.54) is 12.3 Å². The minimum absolute atomic E-state index is 0.0511. The molecule has 2 rings (SSSR count). The third kappa shape index (κ3) is 4.89. The predicted octanol–water partition coefficient (Wildman–Crippen LogP) is 0.496. The summed E-state index contributed by atoms with van der Waals surface area (Å²) in [6.07, 6.45) is 1.29. The molecule has 0 aliphatic carbocycles. The minimum atomic E-state index is -4.08. The Bertz CT molecular complexity index is 886. The number of sulfonamides is 1. The van der Waals surface area contributed by atoms with Crippen molar-refractivity contribution in [1.82, 2.24) is 10.1 Å². The molecule has 0 spiro atoms. The summed E-state index contributed by atoms with van der Waals surface area (Å²) in [5.41, 5.74) is 6.82. The molecule has 0 saturated carbocycles. The number of halogens is 1. The lowest BCUT2D eigenvalue weighted by atomic mass is 10.2. The van der Waals surface area contributed by atoms with Crippen molar-refractivity contribution >= 4 is 31.8 Å². The fourth-order valence-electron chi connectivity index (χ4n) is 2.01. The number of ether oxygens (including phenoxy) is 1. The zero-order valence-corrected chi connectivity index (χ0v) is 15.7. The molecule has 0 aliphatic rings. The van der Waals surface area contributed by atoms with Gasteiger partial charge in [0.15, 0.2) is 10.9 Å². The first kappa shape index (κ1) is 19.1. The zero-order chi connectivity index (χ0) is 18.6. The van der Waals surface area contributed by atoms with Crippen molar-refractivity contribution in [2.75, 3.05) is 7.11 Å². The van der Waals surface area contributed by atoms with Gasteiger partial charge in [0.05, 0.1) is 19.2 Å². The number of aromatic nitrogens is 1. The lowest BCUT2D eigenvalue weighted by Gasteiger charge is -2.15. The van der Waals surface area contributed by atoms with Crippen LogP contribution in [0.15, 0.2) is 51.1 Å². The van der Waals surface area contributed by atoms with Crippen LogP contribution in [0.2, 0.25) is 0 Å². The van der Waals surface area contributed by atoms with Crippen LogP contribution >= 0.6 is 15.9 Å². The third-order valence-corrected chi connectivity index (χ3v) is 4.64. The van der Waals surface area contributed by atoms with Crippen molar-refractivity contribution in [2.24, 2.45) is 21.8 Å². The molecule has 9 nitrogen and oxygen atoms in total. The molecule has 0 radical (unpaired) electrons. The van der Waals surface area contributed by atoms with Crippen molar-refractivity contribution in [3.8, 4) is 5.75 Å². The molecular formula is C14H17BrN6O3S. The molecule has 0 unspecified atom stereocenters. The predicted molar refractivity (Wildman–Crippen MR) is 96.8 cm³/mol. The van der Waals surface area contributed by atoms with Crippen LogP contribution in [0.3, 0.4) is 0 Å². The highest BCUT2D eigenvalue weighted by atomic mass is 79.9. The number of hydrazone groups is 1. The van der Waals surface area contributed by atoms with Crippen LogP contribution in [0.1, 0.15) is 11.1 Å². The van der Waals surface area contributed by atoms with Gasteiger partial charge in [-0.2, -0.15) is 0 Å². The molecule has 0 aliphatic heterocycles. The van der Waals surface area contributed by atoms with Gasteiger partial charge in [0.2, 0.25) is 0 Å². The minimum Gasteiger partial charge on any atom is -0.497 e. The Hall–Kier alpha value is -2.21.